The van der Waals surface area contributed by atoms with Gasteiger partial charge in [0.1, 0.15) is 0 Å². The zero-order valence-corrected chi connectivity index (χ0v) is 16.1. The van der Waals surface area contributed by atoms with E-state index in [2.05, 4.69) is 46.5 Å². The fourth-order valence-electron chi connectivity index (χ4n) is 1.60. The highest BCUT2D eigenvalue weighted by Crippen LogP contribution is 2.23. The molecule has 120 valence electrons. The van der Waals surface area contributed by atoms with Crippen LogP contribution in [-0.4, -0.2) is 38.9 Å². The first-order valence-corrected chi connectivity index (χ1v) is 9.54. The highest BCUT2D eigenvalue weighted by molar-refractivity contribution is 14.1. The molecule has 0 aliphatic rings. The summed E-state index contributed by atoms with van der Waals surface area (Å²) in [5.74, 6) is 0. The standard InChI is InChI=1S/C13H21ClIN3O2S/c1-10(2)16-7-4-8-18(3)21(19,20)17-13-6-5-11(14)9-12(13)15/h5-6,9-10,16-17H,4,7-8H2,1-3H3. The molecule has 0 heterocycles. The van der Waals surface area contributed by atoms with Gasteiger partial charge in [0.25, 0.3) is 0 Å². The summed E-state index contributed by atoms with van der Waals surface area (Å²) >= 11 is 7.91. The molecule has 0 unspecified atom stereocenters. The van der Waals surface area contributed by atoms with E-state index in [1.807, 2.05) is 0 Å². The summed E-state index contributed by atoms with van der Waals surface area (Å²) in [6.07, 6.45) is 0.757. The molecule has 0 amide bonds. The van der Waals surface area contributed by atoms with Crippen LogP contribution in [-0.2, 0) is 10.2 Å². The lowest BCUT2D eigenvalue weighted by Gasteiger charge is -2.19. The number of benzene rings is 1. The fraction of sp³-hybridized carbons (Fsp3) is 0.538. The van der Waals surface area contributed by atoms with Crippen LogP contribution in [0.3, 0.4) is 0 Å². The van der Waals surface area contributed by atoms with Crippen LogP contribution in [0.4, 0.5) is 5.69 Å². The van der Waals surface area contributed by atoms with Crippen molar-refractivity contribution in [1.29, 1.82) is 0 Å². The van der Waals surface area contributed by atoms with Gasteiger partial charge in [0.2, 0.25) is 0 Å². The van der Waals surface area contributed by atoms with Gasteiger partial charge in [-0.05, 0) is 53.8 Å². The number of rotatable bonds is 8. The molecule has 0 spiro atoms. The second kappa shape index (κ2) is 8.52. The molecule has 2 N–H and O–H groups in total. The largest absolute Gasteiger partial charge is 0.314 e. The first kappa shape index (κ1) is 19.0. The third kappa shape index (κ3) is 6.68. The third-order valence-electron chi connectivity index (χ3n) is 2.78. The van der Waals surface area contributed by atoms with Crippen LogP contribution >= 0.6 is 34.2 Å². The summed E-state index contributed by atoms with van der Waals surface area (Å²) in [6, 6.07) is 5.44. The number of hydrogen-bond donors (Lipinski definition) is 2. The van der Waals surface area contributed by atoms with Gasteiger partial charge in [-0.2, -0.15) is 12.7 Å². The summed E-state index contributed by atoms with van der Waals surface area (Å²) in [5.41, 5.74) is 0.534. The summed E-state index contributed by atoms with van der Waals surface area (Å²) in [6.45, 7) is 5.37. The van der Waals surface area contributed by atoms with Crippen LogP contribution in [0.15, 0.2) is 18.2 Å². The van der Waals surface area contributed by atoms with Crippen molar-refractivity contribution >= 4 is 50.1 Å². The molecule has 0 fully saturated rings. The molecule has 1 aromatic carbocycles. The van der Waals surface area contributed by atoms with E-state index in [-0.39, 0.29) is 0 Å². The predicted octanol–water partition coefficient (Wildman–Crippen LogP) is 2.92. The van der Waals surface area contributed by atoms with Gasteiger partial charge < -0.3 is 5.32 Å². The lowest BCUT2D eigenvalue weighted by molar-refractivity contribution is 0.451. The van der Waals surface area contributed by atoms with Crippen LogP contribution in [0.25, 0.3) is 0 Å². The van der Waals surface area contributed by atoms with Crippen molar-refractivity contribution in [1.82, 2.24) is 9.62 Å². The summed E-state index contributed by atoms with van der Waals surface area (Å²) in [4.78, 5) is 0. The monoisotopic (exact) mass is 445 g/mol. The fourth-order valence-corrected chi connectivity index (χ4v) is 3.77. The van der Waals surface area contributed by atoms with Crippen LogP contribution in [0, 0.1) is 3.57 Å². The zero-order valence-electron chi connectivity index (χ0n) is 12.4. The van der Waals surface area contributed by atoms with Crippen molar-refractivity contribution in [2.24, 2.45) is 0 Å². The Kier molecular flexibility index (Phi) is 7.69. The summed E-state index contributed by atoms with van der Waals surface area (Å²) in [5, 5.41) is 3.84. The Labute approximate surface area is 145 Å². The molecule has 0 radical (unpaired) electrons. The molecular formula is C13H21ClIN3O2S. The van der Waals surface area contributed by atoms with E-state index in [0.717, 1.165) is 16.5 Å². The Bertz CT molecular complexity index is 567. The Morgan fingerprint density at radius 1 is 1.38 bits per heavy atom. The maximum atomic E-state index is 12.2. The van der Waals surface area contributed by atoms with Gasteiger partial charge >= 0.3 is 10.2 Å². The minimum absolute atomic E-state index is 0.403. The van der Waals surface area contributed by atoms with Gasteiger partial charge in [-0.3, -0.25) is 4.72 Å². The Morgan fingerprint density at radius 2 is 2.05 bits per heavy atom. The van der Waals surface area contributed by atoms with Gasteiger partial charge in [0.05, 0.1) is 5.69 Å². The number of nitrogens with one attached hydrogen (secondary N) is 2. The summed E-state index contributed by atoms with van der Waals surface area (Å²) < 4.78 is 29.1. The zero-order chi connectivity index (χ0) is 16.0. The highest BCUT2D eigenvalue weighted by atomic mass is 127. The van der Waals surface area contributed by atoms with Crippen molar-refractivity contribution in [3.05, 3.63) is 26.8 Å². The van der Waals surface area contributed by atoms with Gasteiger partial charge in [-0.1, -0.05) is 25.4 Å². The molecule has 0 atom stereocenters. The van der Waals surface area contributed by atoms with E-state index in [4.69, 9.17) is 11.6 Å². The first-order valence-electron chi connectivity index (χ1n) is 6.65. The Balaban J connectivity index is 2.59. The second-order valence-corrected chi connectivity index (χ2v) is 8.39. The van der Waals surface area contributed by atoms with Gasteiger partial charge in [0.15, 0.2) is 0 Å². The van der Waals surface area contributed by atoms with Crippen LogP contribution in [0.5, 0.6) is 0 Å². The number of anilines is 1. The van der Waals surface area contributed by atoms with Crippen molar-refractivity contribution in [3.63, 3.8) is 0 Å². The smallest absolute Gasteiger partial charge is 0.301 e. The molecule has 8 heteroatoms. The summed E-state index contributed by atoms with van der Waals surface area (Å²) in [7, 11) is -1.97. The topological polar surface area (TPSA) is 61.4 Å². The maximum absolute atomic E-state index is 12.2. The second-order valence-electron chi connectivity index (χ2n) is 5.02. The average Bonchev–Trinajstić information content (AvgIpc) is 2.37. The third-order valence-corrected chi connectivity index (χ3v) is 5.39. The molecule has 0 aliphatic carbocycles. The Hall–Kier alpha value is -0.0900. The van der Waals surface area contributed by atoms with E-state index in [9.17, 15) is 8.42 Å². The van der Waals surface area contributed by atoms with E-state index < -0.39 is 10.2 Å². The van der Waals surface area contributed by atoms with E-state index >= 15 is 0 Å². The van der Waals surface area contributed by atoms with Gasteiger partial charge in [-0.25, -0.2) is 0 Å². The van der Waals surface area contributed by atoms with E-state index in [0.29, 0.717) is 23.3 Å². The minimum atomic E-state index is -3.54. The molecule has 0 saturated carbocycles. The molecule has 21 heavy (non-hydrogen) atoms. The van der Waals surface area contributed by atoms with E-state index in [1.165, 1.54) is 4.31 Å². The van der Waals surface area contributed by atoms with Crippen LogP contribution in [0.1, 0.15) is 20.3 Å². The Morgan fingerprint density at radius 3 is 2.62 bits per heavy atom. The van der Waals surface area contributed by atoms with Crippen LogP contribution < -0.4 is 10.0 Å². The van der Waals surface area contributed by atoms with E-state index in [1.54, 1.807) is 25.2 Å². The van der Waals surface area contributed by atoms with Crippen molar-refractivity contribution in [2.45, 2.75) is 26.3 Å². The molecule has 0 bridgehead atoms. The molecule has 1 aromatic rings. The van der Waals surface area contributed by atoms with Gasteiger partial charge in [0, 0.05) is 28.2 Å². The minimum Gasteiger partial charge on any atom is -0.314 e. The van der Waals surface area contributed by atoms with Crippen molar-refractivity contribution in [2.75, 3.05) is 24.9 Å². The lowest BCUT2D eigenvalue weighted by Crippen LogP contribution is -2.35. The molecule has 5 nitrogen and oxygen atoms in total. The molecule has 0 aliphatic heterocycles. The van der Waals surface area contributed by atoms with Gasteiger partial charge in [-0.15, -0.1) is 0 Å². The molecule has 0 aromatic heterocycles. The number of halogens is 2. The normalized spacial score (nSPS) is 12.1. The highest BCUT2D eigenvalue weighted by Gasteiger charge is 2.18. The molecular weight excluding hydrogens is 425 g/mol. The quantitative estimate of drug-likeness (QED) is 0.478. The van der Waals surface area contributed by atoms with Crippen molar-refractivity contribution in [3.8, 4) is 0 Å². The van der Waals surface area contributed by atoms with Crippen LogP contribution in [0.2, 0.25) is 5.02 Å². The average molecular weight is 446 g/mol. The predicted molar refractivity (Wildman–Crippen MR) is 97.1 cm³/mol. The SMILES string of the molecule is CC(C)NCCCN(C)S(=O)(=O)Nc1ccc(Cl)cc1I. The molecule has 0 saturated heterocycles. The van der Waals surface area contributed by atoms with Crippen molar-refractivity contribution < 1.29 is 8.42 Å². The first-order chi connectivity index (χ1) is 9.72. The molecule has 1 rings (SSSR count). The maximum Gasteiger partial charge on any atom is 0.301 e. The number of hydrogen-bond acceptors (Lipinski definition) is 3. The number of nitrogens with zero attached hydrogens (tertiary/aromatic N) is 1. The lowest BCUT2D eigenvalue weighted by atomic mass is 10.3.